The second-order valence-electron chi connectivity index (χ2n) is 7.22. The van der Waals surface area contributed by atoms with E-state index in [2.05, 4.69) is 12.2 Å². The molecule has 1 heterocycles. The molecular formula is C24H28N2O3. The fourth-order valence-electron chi connectivity index (χ4n) is 3.63. The lowest BCUT2D eigenvalue weighted by Crippen LogP contribution is -2.27. The topological polar surface area (TPSA) is 60.3 Å². The van der Waals surface area contributed by atoms with E-state index in [-0.39, 0.29) is 17.7 Å². The van der Waals surface area contributed by atoms with Crippen LogP contribution in [-0.2, 0) is 4.79 Å². The first-order valence-corrected chi connectivity index (χ1v) is 10.1. The normalized spacial score (nSPS) is 12.0. The molecule has 1 atom stereocenters. The summed E-state index contributed by atoms with van der Waals surface area (Å²) in [6.45, 7) is 6.42. The Morgan fingerprint density at radius 2 is 1.90 bits per heavy atom. The smallest absolute Gasteiger partial charge is 0.262 e. The van der Waals surface area contributed by atoms with E-state index >= 15 is 0 Å². The number of carbonyl (C=O) groups is 2. The molecule has 0 aliphatic rings. The predicted octanol–water partition coefficient (Wildman–Crippen LogP) is 4.67. The van der Waals surface area contributed by atoms with Crippen LogP contribution in [0.4, 0.5) is 0 Å². The Labute approximate surface area is 171 Å². The molecule has 2 aromatic carbocycles. The number of ether oxygens (including phenoxy) is 1. The van der Waals surface area contributed by atoms with Crippen molar-refractivity contribution in [3.05, 3.63) is 65.4 Å². The summed E-state index contributed by atoms with van der Waals surface area (Å²) in [4.78, 5) is 25.1. The monoisotopic (exact) mass is 392 g/mol. The summed E-state index contributed by atoms with van der Waals surface area (Å²) in [5.41, 5.74) is 3.50. The van der Waals surface area contributed by atoms with Crippen molar-refractivity contribution in [1.82, 2.24) is 9.88 Å². The van der Waals surface area contributed by atoms with Gasteiger partial charge in [-0.3, -0.25) is 14.2 Å². The number of aryl methyl sites for hydroxylation is 1. The third-order valence-corrected chi connectivity index (χ3v) is 5.44. The lowest BCUT2D eigenvalue weighted by molar-refractivity contribution is -0.120. The van der Waals surface area contributed by atoms with Gasteiger partial charge in [-0.1, -0.05) is 32.0 Å². The van der Waals surface area contributed by atoms with E-state index < -0.39 is 0 Å². The van der Waals surface area contributed by atoms with Crippen LogP contribution in [0.1, 0.15) is 54.1 Å². The van der Waals surface area contributed by atoms with Gasteiger partial charge >= 0.3 is 0 Å². The second kappa shape index (κ2) is 8.95. The predicted molar refractivity (Wildman–Crippen MR) is 116 cm³/mol. The van der Waals surface area contributed by atoms with Crippen molar-refractivity contribution in [2.24, 2.45) is 0 Å². The van der Waals surface area contributed by atoms with Gasteiger partial charge in [0.25, 0.3) is 5.91 Å². The van der Waals surface area contributed by atoms with Gasteiger partial charge in [-0.05, 0) is 48.7 Å². The molecular weight excluding hydrogens is 364 g/mol. The first-order valence-electron chi connectivity index (χ1n) is 10.1. The molecule has 5 heteroatoms. The van der Waals surface area contributed by atoms with Crippen molar-refractivity contribution < 1.29 is 14.3 Å². The molecule has 0 aliphatic carbocycles. The molecule has 3 rings (SSSR count). The van der Waals surface area contributed by atoms with Crippen LogP contribution in [0, 0.1) is 6.92 Å². The Morgan fingerprint density at radius 3 is 2.55 bits per heavy atom. The fraction of sp³-hybridized carbons (Fsp3) is 0.333. The molecule has 0 bridgehead atoms. The van der Waals surface area contributed by atoms with E-state index in [0.29, 0.717) is 18.5 Å². The number of aromatic nitrogens is 1. The van der Waals surface area contributed by atoms with Gasteiger partial charge in [-0.15, -0.1) is 0 Å². The number of hydrogen-bond donors (Lipinski definition) is 1. The van der Waals surface area contributed by atoms with Crippen molar-refractivity contribution in [1.29, 1.82) is 0 Å². The quantitative estimate of drug-likeness (QED) is 0.636. The van der Waals surface area contributed by atoms with Gasteiger partial charge in [0, 0.05) is 36.0 Å². The molecule has 5 nitrogen and oxygen atoms in total. The minimum atomic E-state index is -0.0584. The summed E-state index contributed by atoms with van der Waals surface area (Å²) in [7, 11) is 1.63. The van der Waals surface area contributed by atoms with Crippen LogP contribution >= 0.6 is 0 Å². The van der Waals surface area contributed by atoms with Crippen molar-refractivity contribution in [3.63, 3.8) is 0 Å². The first-order chi connectivity index (χ1) is 14.0. The largest absolute Gasteiger partial charge is 0.497 e. The Bertz CT molecular complexity index is 1040. The lowest BCUT2D eigenvalue weighted by Gasteiger charge is -2.15. The van der Waals surface area contributed by atoms with E-state index in [9.17, 15) is 9.59 Å². The van der Waals surface area contributed by atoms with Crippen LogP contribution < -0.4 is 10.1 Å². The SMILES string of the molecule is CCC(=O)NCC(CC)c1cn(C(=O)c2ccccc2C)c2ccc(OC)cc12. The Balaban J connectivity index is 2.11. The summed E-state index contributed by atoms with van der Waals surface area (Å²) >= 11 is 0. The number of rotatable bonds is 7. The maximum absolute atomic E-state index is 13.3. The number of nitrogens with one attached hydrogen (secondary N) is 1. The van der Waals surface area contributed by atoms with Crippen molar-refractivity contribution >= 4 is 22.7 Å². The van der Waals surface area contributed by atoms with Crippen LogP contribution in [0.2, 0.25) is 0 Å². The highest BCUT2D eigenvalue weighted by molar-refractivity contribution is 6.04. The third-order valence-electron chi connectivity index (χ3n) is 5.44. The van der Waals surface area contributed by atoms with Crippen LogP contribution in [0.5, 0.6) is 5.75 Å². The minimum Gasteiger partial charge on any atom is -0.497 e. The molecule has 1 N–H and O–H groups in total. The van der Waals surface area contributed by atoms with E-state index in [4.69, 9.17) is 4.74 Å². The standard InChI is InChI=1S/C24H28N2O3/c1-5-17(14-25-23(27)6-2)21-15-26(22-12-11-18(29-4)13-20(21)22)24(28)19-10-8-7-9-16(19)3/h7-13,15,17H,5-6,14H2,1-4H3,(H,25,27). The maximum Gasteiger partial charge on any atom is 0.262 e. The highest BCUT2D eigenvalue weighted by Gasteiger charge is 2.21. The number of amides is 1. The number of nitrogens with zero attached hydrogens (tertiary/aromatic N) is 1. The number of carbonyl (C=O) groups excluding carboxylic acids is 2. The second-order valence-corrected chi connectivity index (χ2v) is 7.22. The van der Waals surface area contributed by atoms with Crippen LogP contribution in [0.15, 0.2) is 48.7 Å². The van der Waals surface area contributed by atoms with Crippen molar-refractivity contribution in [2.45, 2.75) is 39.5 Å². The van der Waals surface area contributed by atoms with Crippen LogP contribution in [0.3, 0.4) is 0 Å². The Kier molecular flexibility index (Phi) is 6.37. The Morgan fingerprint density at radius 1 is 1.14 bits per heavy atom. The zero-order valence-electron chi connectivity index (χ0n) is 17.5. The summed E-state index contributed by atoms with van der Waals surface area (Å²) in [6.07, 6.45) is 3.22. The average Bonchev–Trinajstić information content (AvgIpc) is 3.12. The average molecular weight is 392 g/mol. The zero-order valence-corrected chi connectivity index (χ0v) is 17.5. The minimum absolute atomic E-state index is 0.0285. The number of methoxy groups -OCH3 is 1. The summed E-state index contributed by atoms with van der Waals surface area (Å²) in [5.74, 6) is 0.816. The number of hydrogen-bond acceptors (Lipinski definition) is 3. The fourth-order valence-corrected chi connectivity index (χ4v) is 3.63. The number of benzene rings is 2. The molecule has 1 unspecified atom stereocenters. The van der Waals surface area contributed by atoms with Crippen LogP contribution in [0.25, 0.3) is 10.9 Å². The summed E-state index contributed by atoms with van der Waals surface area (Å²) in [5, 5.41) is 3.97. The maximum atomic E-state index is 13.3. The van der Waals surface area contributed by atoms with Crippen LogP contribution in [-0.4, -0.2) is 30.0 Å². The highest BCUT2D eigenvalue weighted by Crippen LogP contribution is 2.33. The van der Waals surface area contributed by atoms with Gasteiger partial charge in [0.05, 0.1) is 12.6 Å². The van der Waals surface area contributed by atoms with E-state index in [1.807, 2.05) is 62.5 Å². The number of fused-ring (bicyclic) bond motifs is 1. The van der Waals surface area contributed by atoms with E-state index in [0.717, 1.165) is 34.2 Å². The van der Waals surface area contributed by atoms with E-state index in [1.54, 1.807) is 11.7 Å². The molecule has 152 valence electrons. The summed E-state index contributed by atoms with van der Waals surface area (Å²) in [6, 6.07) is 13.4. The molecule has 1 aromatic heterocycles. The molecule has 29 heavy (non-hydrogen) atoms. The van der Waals surface area contributed by atoms with Gasteiger partial charge < -0.3 is 10.1 Å². The highest BCUT2D eigenvalue weighted by atomic mass is 16.5. The lowest BCUT2D eigenvalue weighted by atomic mass is 9.96. The van der Waals surface area contributed by atoms with Crippen molar-refractivity contribution in [3.8, 4) is 5.75 Å². The molecule has 0 spiro atoms. The van der Waals surface area contributed by atoms with Gasteiger partial charge in [0.2, 0.25) is 5.91 Å². The molecule has 0 fully saturated rings. The van der Waals surface area contributed by atoms with Gasteiger partial charge in [0.15, 0.2) is 0 Å². The molecule has 1 amide bonds. The van der Waals surface area contributed by atoms with Crippen molar-refractivity contribution in [2.75, 3.05) is 13.7 Å². The van der Waals surface area contributed by atoms with Gasteiger partial charge in [-0.2, -0.15) is 0 Å². The van der Waals surface area contributed by atoms with Gasteiger partial charge in [0.1, 0.15) is 5.75 Å². The van der Waals surface area contributed by atoms with E-state index in [1.165, 1.54) is 0 Å². The molecule has 0 aliphatic heterocycles. The van der Waals surface area contributed by atoms with Gasteiger partial charge in [-0.25, -0.2) is 0 Å². The molecule has 0 saturated carbocycles. The Hall–Kier alpha value is -3.08. The zero-order chi connectivity index (χ0) is 21.0. The molecule has 0 saturated heterocycles. The third kappa shape index (κ3) is 4.19. The molecule has 3 aromatic rings. The first kappa shape index (κ1) is 20.6. The summed E-state index contributed by atoms with van der Waals surface area (Å²) < 4.78 is 7.13. The molecule has 0 radical (unpaired) electrons.